The predicted octanol–water partition coefficient (Wildman–Crippen LogP) is 6.36. The summed E-state index contributed by atoms with van der Waals surface area (Å²) in [4.78, 5) is 41.2. The zero-order valence-corrected chi connectivity index (χ0v) is 23.1. The molecule has 1 aliphatic heterocycles. The van der Waals surface area contributed by atoms with E-state index < -0.39 is 22.8 Å². The Morgan fingerprint density at radius 3 is 1.73 bits per heavy atom. The Hall–Kier alpha value is -4.45. The fourth-order valence-corrected chi connectivity index (χ4v) is 6.43. The van der Waals surface area contributed by atoms with E-state index in [2.05, 4.69) is 0 Å². The van der Waals surface area contributed by atoms with E-state index in [-0.39, 0.29) is 32.0 Å². The zero-order valence-electron chi connectivity index (χ0n) is 23.1. The molecule has 1 atom stereocenters. The van der Waals surface area contributed by atoms with Crippen LogP contribution in [-0.2, 0) is 41.8 Å². The molecule has 1 heterocycles. The molecule has 2 fully saturated rings. The molecule has 6 nitrogen and oxygen atoms in total. The second kappa shape index (κ2) is 10.8. The van der Waals surface area contributed by atoms with Gasteiger partial charge in [-0.15, -0.1) is 0 Å². The van der Waals surface area contributed by atoms with Crippen LogP contribution in [0.4, 0.5) is 0 Å². The maximum atomic E-state index is 14.0. The molecule has 0 bridgehead atoms. The van der Waals surface area contributed by atoms with Crippen molar-refractivity contribution in [3.05, 3.63) is 124 Å². The van der Waals surface area contributed by atoms with E-state index in [0.29, 0.717) is 19.4 Å². The van der Waals surface area contributed by atoms with E-state index in [4.69, 9.17) is 14.2 Å². The topological polar surface area (TPSA) is 78.9 Å². The van der Waals surface area contributed by atoms with Gasteiger partial charge in [-0.1, -0.05) is 96.6 Å². The van der Waals surface area contributed by atoms with Gasteiger partial charge < -0.3 is 14.2 Å². The number of carbonyl (C=O) groups excluding carboxylic acids is 3. The minimum atomic E-state index is -1.57. The third-order valence-corrected chi connectivity index (χ3v) is 8.82. The molecule has 41 heavy (non-hydrogen) atoms. The van der Waals surface area contributed by atoms with Crippen LogP contribution in [0.25, 0.3) is 5.57 Å². The lowest BCUT2D eigenvalue weighted by Crippen LogP contribution is -2.39. The predicted molar refractivity (Wildman–Crippen MR) is 153 cm³/mol. The summed E-state index contributed by atoms with van der Waals surface area (Å²) in [5, 5.41) is 0. The first kappa shape index (κ1) is 26.8. The molecule has 2 aliphatic carbocycles. The second-order valence-electron chi connectivity index (χ2n) is 11.1. The third kappa shape index (κ3) is 4.77. The Morgan fingerprint density at radius 2 is 1.22 bits per heavy atom. The fourth-order valence-electron chi connectivity index (χ4n) is 6.43. The Balaban J connectivity index is 1.42. The maximum absolute atomic E-state index is 14.0. The fraction of sp³-hybridized carbons (Fsp3) is 0.286. The summed E-state index contributed by atoms with van der Waals surface area (Å²) in [5.74, 6) is -1.47. The van der Waals surface area contributed by atoms with Gasteiger partial charge in [-0.05, 0) is 53.2 Å². The SMILES string of the molecule is CC1=C2CC(C(=O)OCc3ccccc3)(C(=O)OCc3ccccc3)CC2=C(c2ccccc2)CC12CCOC2=O. The molecular formula is C35H32O6. The molecule has 0 aromatic heterocycles. The molecule has 0 radical (unpaired) electrons. The molecule has 3 aromatic rings. The first-order valence-electron chi connectivity index (χ1n) is 14.0. The van der Waals surface area contributed by atoms with E-state index >= 15 is 0 Å². The van der Waals surface area contributed by atoms with Crippen LogP contribution < -0.4 is 0 Å². The van der Waals surface area contributed by atoms with E-state index in [0.717, 1.165) is 39.0 Å². The number of carbonyl (C=O) groups is 3. The van der Waals surface area contributed by atoms with Gasteiger partial charge >= 0.3 is 17.9 Å². The lowest BCUT2D eigenvalue weighted by atomic mass is 9.66. The molecule has 6 heteroatoms. The van der Waals surface area contributed by atoms with Gasteiger partial charge in [0.15, 0.2) is 5.41 Å². The molecule has 3 aliphatic rings. The molecule has 1 saturated carbocycles. The number of ether oxygens (including phenoxy) is 3. The van der Waals surface area contributed by atoms with Crippen LogP contribution in [0, 0.1) is 10.8 Å². The summed E-state index contributed by atoms with van der Waals surface area (Å²) in [6.07, 6.45) is 1.29. The molecule has 1 saturated heterocycles. The summed E-state index contributed by atoms with van der Waals surface area (Å²) in [7, 11) is 0. The monoisotopic (exact) mass is 548 g/mol. The first-order valence-corrected chi connectivity index (χ1v) is 14.0. The van der Waals surface area contributed by atoms with Gasteiger partial charge in [-0.25, -0.2) is 0 Å². The Morgan fingerprint density at radius 1 is 0.707 bits per heavy atom. The lowest BCUT2D eigenvalue weighted by molar-refractivity contribution is -0.173. The number of hydrogen-bond donors (Lipinski definition) is 0. The quantitative estimate of drug-likeness (QED) is 0.194. The highest BCUT2D eigenvalue weighted by Crippen LogP contribution is 2.59. The van der Waals surface area contributed by atoms with E-state index in [1.54, 1.807) is 0 Å². The van der Waals surface area contributed by atoms with E-state index in [1.807, 2.05) is 97.9 Å². The average molecular weight is 549 g/mol. The highest BCUT2D eigenvalue weighted by atomic mass is 16.6. The van der Waals surface area contributed by atoms with Crippen molar-refractivity contribution in [2.24, 2.45) is 10.8 Å². The Kier molecular flexibility index (Phi) is 7.08. The van der Waals surface area contributed by atoms with Crippen molar-refractivity contribution in [3.8, 4) is 0 Å². The number of cyclic esters (lactones) is 1. The maximum Gasteiger partial charge on any atom is 0.324 e. The third-order valence-electron chi connectivity index (χ3n) is 8.82. The van der Waals surface area contributed by atoms with Crippen molar-refractivity contribution in [2.45, 2.75) is 45.8 Å². The van der Waals surface area contributed by atoms with Crippen molar-refractivity contribution in [1.29, 1.82) is 0 Å². The molecule has 208 valence electrons. The van der Waals surface area contributed by atoms with Crippen LogP contribution in [-0.4, -0.2) is 24.5 Å². The summed E-state index contributed by atoms with van der Waals surface area (Å²) in [5.41, 5.74) is 3.90. The largest absolute Gasteiger partial charge is 0.465 e. The van der Waals surface area contributed by atoms with Crippen LogP contribution >= 0.6 is 0 Å². The highest BCUT2D eigenvalue weighted by molar-refractivity contribution is 6.03. The van der Waals surface area contributed by atoms with Gasteiger partial charge in [0.2, 0.25) is 0 Å². The van der Waals surface area contributed by atoms with Crippen LogP contribution in [0.2, 0.25) is 0 Å². The summed E-state index contributed by atoms with van der Waals surface area (Å²) in [6, 6.07) is 28.7. The van der Waals surface area contributed by atoms with Crippen molar-refractivity contribution in [1.82, 2.24) is 0 Å². The summed E-state index contributed by atoms with van der Waals surface area (Å²) < 4.78 is 17.2. The van der Waals surface area contributed by atoms with Crippen molar-refractivity contribution in [2.75, 3.05) is 6.61 Å². The smallest absolute Gasteiger partial charge is 0.324 e. The van der Waals surface area contributed by atoms with Gasteiger partial charge in [0, 0.05) is 12.8 Å². The van der Waals surface area contributed by atoms with Crippen LogP contribution in [0.15, 0.2) is 108 Å². The Labute approximate surface area is 239 Å². The van der Waals surface area contributed by atoms with Gasteiger partial charge in [-0.3, -0.25) is 14.4 Å². The second-order valence-corrected chi connectivity index (χ2v) is 11.1. The molecule has 1 spiro atoms. The number of allylic oxidation sites excluding steroid dienone is 3. The highest BCUT2D eigenvalue weighted by Gasteiger charge is 2.59. The minimum absolute atomic E-state index is 0.0479. The van der Waals surface area contributed by atoms with E-state index in [9.17, 15) is 14.4 Å². The normalized spacial score (nSPS) is 21.0. The first-order chi connectivity index (χ1) is 19.9. The standard InChI is InChI=1S/C35H32O6/c1-24-28-19-35(32(37)40-22-25-11-5-2-6-12-25,33(38)41-23-26-13-7-3-8-14-26)21-30(28)29(27-15-9-4-10-16-27)20-34(24)17-18-39-31(34)36/h2-16H,17-23H2,1H3. The molecule has 0 N–H and O–H groups in total. The van der Waals surface area contributed by atoms with Gasteiger partial charge in [-0.2, -0.15) is 0 Å². The van der Waals surface area contributed by atoms with Crippen LogP contribution in [0.3, 0.4) is 0 Å². The average Bonchev–Trinajstić information content (AvgIpc) is 3.61. The van der Waals surface area contributed by atoms with Crippen molar-refractivity contribution in [3.63, 3.8) is 0 Å². The van der Waals surface area contributed by atoms with Crippen molar-refractivity contribution < 1.29 is 28.6 Å². The lowest BCUT2D eigenvalue weighted by Gasteiger charge is -2.34. The zero-order chi connectivity index (χ0) is 28.5. The van der Waals surface area contributed by atoms with Crippen LogP contribution in [0.1, 0.15) is 49.3 Å². The molecule has 0 amide bonds. The van der Waals surface area contributed by atoms with Crippen molar-refractivity contribution >= 4 is 23.5 Å². The summed E-state index contributed by atoms with van der Waals surface area (Å²) >= 11 is 0. The van der Waals surface area contributed by atoms with Gasteiger partial charge in [0.1, 0.15) is 13.2 Å². The Bertz CT molecular complexity index is 1480. The molecule has 3 aromatic carbocycles. The minimum Gasteiger partial charge on any atom is -0.465 e. The molecular weight excluding hydrogens is 516 g/mol. The summed E-state index contributed by atoms with van der Waals surface area (Å²) in [6.45, 7) is 2.40. The van der Waals surface area contributed by atoms with Gasteiger partial charge in [0.25, 0.3) is 0 Å². The number of fused-ring (bicyclic) bond motifs is 1. The number of hydrogen-bond acceptors (Lipinski definition) is 6. The molecule has 6 rings (SSSR count). The number of rotatable bonds is 7. The van der Waals surface area contributed by atoms with E-state index in [1.165, 1.54) is 0 Å². The van der Waals surface area contributed by atoms with Gasteiger partial charge in [0.05, 0.1) is 12.0 Å². The number of benzene rings is 3. The number of esters is 3. The molecule has 1 unspecified atom stereocenters. The van der Waals surface area contributed by atoms with Crippen LogP contribution in [0.5, 0.6) is 0 Å².